The minimum absolute atomic E-state index is 0.351. The SMILES string of the molecule is CN1CCC(=C2CC=CC3=C2c2sccc2CC(=O)C3)CC1. The summed E-state index contributed by atoms with van der Waals surface area (Å²) in [5.41, 5.74) is 7.02. The average molecular weight is 311 g/mol. The van der Waals surface area contributed by atoms with Crippen LogP contribution in [-0.4, -0.2) is 30.8 Å². The lowest BCUT2D eigenvalue weighted by atomic mass is 9.84. The molecular weight excluding hydrogens is 290 g/mol. The fourth-order valence-electron chi connectivity index (χ4n) is 3.82. The van der Waals surface area contributed by atoms with Crippen molar-refractivity contribution in [2.24, 2.45) is 0 Å². The van der Waals surface area contributed by atoms with Crippen molar-refractivity contribution in [3.63, 3.8) is 0 Å². The van der Waals surface area contributed by atoms with Crippen LogP contribution in [0.5, 0.6) is 0 Å². The maximum absolute atomic E-state index is 12.2. The van der Waals surface area contributed by atoms with Gasteiger partial charge in [-0.05, 0) is 60.0 Å². The topological polar surface area (TPSA) is 20.3 Å². The molecule has 0 N–H and O–H groups in total. The maximum atomic E-state index is 12.2. The summed E-state index contributed by atoms with van der Waals surface area (Å²) in [6.45, 7) is 2.31. The van der Waals surface area contributed by atoms with Crippen molar-refractivity contribution in [1.29, 1.82) is 0 Å². The first-order chi connectivity index (χ1) is 10.7. The van der Waals surface area contributed by atoms with Crippen LogP contribution >= 0.6 is 11.3 Å². The molecular formula is C19H21NOS. The Labute approximate surface area is 135 Å². The van der Waals surface area contributed by atoms with Crippen LogP contribution in [0.15, 0.2) is 40.3 Å². The van der Waals surface area contributed by atoms with Gasteiger partial charge in [0.15, 0.2) is 0 Å². The van der Waals surface area contributed by atoms with Gasteiger partial charge in [0.1, 0.15) is 5.78 Å². The summed E-state index contributed by atoms with van der Waals surface area (Å²) in [6, 6.07) is 2.14. The highest BCUT2D eigenvalue weighted by Gasteiger charge is 2.27. The number of hydrogen-bond acceptors (Lipinski definition) is 3. The molecule has 1 saturated heterocycles. The van der Waals surface area contributed by atoms with Crippen LogP contribution in [0.25, 0.3) is 5.57 Å². The van der Waals surface area contributed by atoms with Gasteiger partial charge in [-0.2, -0.15) is 0 Å². The molecule has 2 heterocycles. The van der Waals surface area contributed by atoms with Crippen LogP contribution in [0.2, 0.25) is 0 Å². The van der Waals surface area contributed by atoms with Gasteiger partial charge in [-0.1, -0.05) is 17.7 Å². The Balaban J connectivity index is 1.85. The Bertz CT molecular complexity index is 710. The summed E-state index contributed by atoms with van der Waals surface area (Å²) < 4.78 is 0. The zero-order chi connectivity index (χ0) is 15.1. The lowest BCUT2D eigenvalue weighted by Crippen LogP contribution is -2.27. The lowest BCUT2D eigenvalue weighted by Gasteiger charge is -2.28. The van der Waals surface area contributed by atoms with E-state index in [-0.39, 0.29) is 0 Å². The minimum Gasteiger partial charge on any atom is -0.306 e. The number of hydrogen-bond donors (Lipinski definition) is 0. The van der Waals surface area contributed by atoms with E-state index in [1.165, 1.54) is 40.0 Å². The first-order valence-corrected chi connectivity index (χ1v) is 8.98. The zero-order valence-electron chi connectivity index (χ0n) is 13.0. The van der Waals surface area contributed by atoms with E-state index in [0.29, 0.717) is 18.6 Å². The van der Waals surface area contributed by atoms with Crippen molar-refractivity contribution in [2.45, 2.75) is 32.1 Å². The second-order valence-corrected chi connectivity index (χ2v) is 7.48. The summed E-state index contributed by atoms with van der Waals surface area (Å²) in [5, 5.41) is 2.14. The molecule has 2 aliphatic carbocycles. The van der Waals surface area contributed by atoms with Gasteiger partial charge in [-0.25, -0.2) is 0 Å². The Hall–Kier alpha value is -1.45. The number of likely N-dealkylation sites (tertiary alicyclic amines) is 1. The molecule has 1 aromatic heterocycles. The molecule has 0 saturated carbocycles. The normalized spacial score (nSPS) is 22.7. The van der Waals surface area contributed by atoms with E-state index in [0.717, 1.165) is 19.5 Å². The van der Waals surface area contributed by atoms with Gasteiger partial charge >= 0.3 is 0 Å². The molecule has 1 fully saturated rings. The molecule has 3 aliphatic rings. The first-order valence-electron chi connectivity index (χ1n) is 8.10. The third-order valence-electron chi connectivity index (χ3n) is 5.03. The van der Waals surface area contributed by atoms with E-state index in [1.54, 1.807) is 16.9 Å². The Morgan fingerprint density at radius 2 is 2.00 bits per heavy atom. The predicted octanol–water partition coefficient (Wildman–Crippen LogP) is 4.00. The highest BCUT2D eigenvalue weighted by molar-refractivity contribution is 7.11. The number of Topliss-reactive ketones (excluding diaryl/α,β-unsaturated/α-hetero) is 1. The zero-order valence-corrected chi connectivity index (χ0v) is 13.8. The van der Waals surface area contributed by atoms with E-state index in [4.69, 9.17) is 0 Å². The summed E-state index contributed by atoms with van der Waals surface area (Å²) in [7, 11) is 2.20. The summed E-state index contributed by atoms with van der Waals surface area (Å²) >= 11 is 1.81. The molecule has 0 spiro atoms. The molecule has 22 heavy (non-hydrogen) atoms. The number of allylic oxidation sites excluding steroid dienone is 5. The van der Waals surface area contributed by atoms with Gasteiger partial charge in [-0.3, -0.25) is 4.79 Å². The Kier molecular flexibility index (Phi) is 3.63. The van der Waals surface area contributed by atoms with Crippen LogP contribution in [0.3, 0.4) is 0 Å². The molecule has 114 valence electrons. The summed E-state index contributed by atoms with van der Waals surface area (Å²) in [5.74, 6) is 0.351. The van der Waals surface area contributed by atoms with Crippen molar-refractivity contribution < 1.29 is 4.79 Å². The first kappa shape index (κ1) is 14.2. The monoisotopic (exact) mass is 311 g/mol. The molecule has 0 unspecified atom stereocenters. The van der Waals surface area contributed by atoms with E-state index >= 15 is 0 Å². The van der Waals surface area contributed by atoms with Crippen LogP contribution in [-0.2, 0) is 11.2 Å². The van der Waals surface area contributed by atoms with E-state index in [9.17, 15) is 4.79 Å². The predicted molar refractivity (Wildman–Crippen MR) is 92.1 cm³/mol. The summed E-state index contributed by atoms with van der Waals surface area (Å²) in [6.07, 6.45) is 9.03. The number of rotatable bonds is 0. The fraction of sp³-hybridized carbons (Fsp3) is 0.421. The number of carbonyl (C=O) groups excluding carboxylic acids is 1. The number of fused-ring (bicyclic) bond motifs is 2. The second kappa shape index (κ2) is 5.64. The van der Waals surface area contributed by atoms with Crippen molar-refractivity contribution in [3.8, 4) is 0 Å². The van der Waals surface area contributed by atoms with Gasteiger partial charge < -0.3 is 4.90 Å². The van der Waals surface area contributed by atoms with Crippen molar-refractivity contribution >= 4 is 22.7 Å². The average Bonchev–Trinajstić information content (AvgIpc) is 2.90. The third kappa shape index (κ3) is 2.42. The van der Waals surface area contributed by atoms with E-state index in [1.807, 2.05) is 0 Å². The minimum atomic E-state index is 0.351. The molecule has 2 nitrogen and oxygen atoms in total. The number of ketones is 1. The van der Waals surface area contributed by atoms with Gasteiger partial charge in [0, 0.05) is 30.8 Å². The molecule has 0 radical (unpaired) electrons. The third-order valence-corrected chi connectivity index (χ3v) is 6.00. The molecule has 0 atom stereocenters. The molecule has 4 rings (SSSR count). The molecule has 0 amide bonds. The molecule has 1 aromatic rings. The van der Waals surface area contributed by atoms with Crippen molar-refractivity contribution in [2.75, 3.05) is 20.1 Å². The van der Waals surface area contributed by atoms with Crippen LogP contribution < -0.4 is 0 Å². The van der Waals surface area contributed by atoms with Crippen LogP contribution in [0, 0.1) is 0 Å². The Morgan fingerprint density at radius 3 is 2.82 bits per heavy atom. The largest absolute Gasteiger partial charge is 0.306 e. The molecule has 1 aliphatic heterocycles. The van der Waals surface area contributed by atoms with E-state index < -0.39 is 0 Å². The highest BCUT2D eigenvalue weighted by Crippen LogP contribution is 2.43. The molecule has 0 aromatic carbocycles. The number of thiophene rings is 1. The maximum Gasteiger partial charge on any atom is 0.141 e. The van der Waals surface area contributed by atoms with Gasteiger partial charge in [0.05, 0.1) is 0 Å². The molecule has 0 bridgehead atoms. The van der Waals surface area contributed by atoms with Gasteiger partial charge in [0.25, 0.3) is 0 Å². The van der Waals surface area contributed by atoms with E-state index in [2.05, 4.69) is 35.5 Å². The number of piperidine rings is 1. The second-order valence-electron chi connectivity index (χ2n) is 6.56. The number of nitrogens with zero attached hydrogens (tertiary/aromatic N) is 1. The number of carbonyl (C=O) groups is 1. The van der Waals surface area contributed by atoms with Crippen LogP contribution in [0.1, 0.15) is 36.1 Å². The summed E-state index contributed by atoms with van der Waals surface area (Å²) in [4.78, 5) is 16.0. The highest BCUT2D eigenvalue weighted by atomic mass is 32.1. The van der Waals surface area contributed by atoms with Gasteiger partial charge in [0.2, 0.25) is 0 Å². The Morgan fingerprint density at radius 1 is 1.18 bits per heavy atom. The fourth-order valence-corrected chi connectivity index (χ4v) is 4.85. The quantitative estimate of drug-likeness (QED) is 0.722. The molecule has 3 heteroatoms. The van der Waals surface area contributed by atoms with Crippen molar-refractivity contribution in [3.05, 3.63) is 50.8 Å². The standard InChI is InChI=1S/C19H21NOS/c1-20-8-5-13(6-9-20)17-4-2-3-14-11-16(21)12-15-7-10-22-19(15)18(14)17/h2-3,7,10H,4-6,8-9,11-12H2,1H3. The smallest absolute Gasteiger partial charge is 0.141 e. The van der Waals surface area contributed by atoms with Crippen molar-refractivity contribution in [1.82, 2.24) is 4.90 Å². The lowest BCUT2D eigenvalue weighted by molar-refractivity contribution is -0.117. The van der Waals surface area contributed by atoms with Crippen LogP contribution in [0.4, 0.5) is 0 Å². The van der Waals surface area contributed by atoms with Gasteiger partial charge in [-0.15, -0.1) is 11.3 Å².